The molecule has 1 aromatic heterocycles. The summed E-state index contributed by atoms with van der Waals surface area (Å²) < 4.78 is 11.0. The first-order valence-corrected chi connectivity index (χ1v) is 8.73. The van der Waals surface area contributed by atoms with Gasteiger partial charge in [-0.25, -0.2) is 4.98 Å². The number of carbonyl (C=O) groups is 1. The second kappa shape index (κ2) is 6.26. The number of nitrogens with one attached hydrogen (secondary N) is 1. The number of hydrogen-bond donors (Lipinski definition) is 1. The fourth-order valence-corrected chi connectivity index (χ4v) is 4.50. The van der Waals surface area contributed by atoms with Crippen LogP contribution in [-0.4, -0.2) is 43.4 Å². The molecule has 3 rings (SSSR count). The standard InChI is InChI=1S/C16H24N2O3S/c1-8(2)16-17-9(3)14(22-16)15(19)18-12-10-5-6-21-13(10)11(12)7-20-4/h8,10-13H,5-7H2,1-4H3,(H,18,19)/t10-,11-,12-,13-/m1/s1. The maximum Gasteiger partial charge on any atom is 0.263 e. The zero-order valence-electron chi connectivity index (χ0n) is 13.6. The van der Waals surface area contributed by atoms with Crippen molar-refractivity contribution in [1.82, 2.24) is 10.3 Å². The lowest BCUT2D eigenvalue weighted by Gasteiger charge is -2.47. The van der Waals surface area contributed by atoms with E-state index >= 15 is 0 Å². The summed E-state index contributed by atoms with van der Waals surface area (Å²) in [6.07, 6.45) is 1.27. The molecule has 1 aliphatic carbocycles. The molecule has 1 N–H and O–H groups in total. The molecular formula is C16H24N2O3S. The predicted octanol–water partition coefficient (Wildman–Crippen LogP) is 2.35. The van der Waals surface area contributed by atoms with E-state index in [9.17, 15) is 4.79 Å². The molecule has 0 unspecified atom stereocenters. The number of carbonyl (C=O) groups excluding carboxylic acids is 1. The number of thiazole rings is 1. The molecule has 1 aromatic rings. The largest absolute Gasteiger partial charge is 0.384 e. The summed E-state index contributed by atoms with van der Waals surface area (Å²) in [7, 11) is 1.70. The van der Waals surface area contributed by atoms with E-state index in [-0.39, 0.29) is 24.0 Å². The van der Waals surface area contributed by atoms with Crippen molar-refractivity contribution in [3.8, 4) is 0 Å². The van der Waals surface area contributed by atoms with Crippen molar-refractivity contribution in [3.05, 3.63) is 15.6 Å². The molecule has 22 heavy (non-hydrogen) atoms. The van der Waals surface area contributed by atoms with Gasteiger partial charge in [-0.15, -0.1) is 11.3 Å². The third-order valence-corrected chi connectivity index (χ3v) is 6.15. The normalized spacial score (nSPS) is 30.2. The van der Waals surface area contributed by atoms with Gasteiger partial charge in [0.1, 0.15) is 4.88 Å². The molecule has 1 aliphatic heterocycles. The zero-order chi connectivity index (χ0) is 15.9. The van der Waals surface area contributed by atoms with Crippen LogP contribution in [0.5, 0.6) is 0 Å². The second-order valence-corrected chi connectivity index (χ2v) is 7.56. The Morgan fingerprint density at radius 2 is 2.32 bits per heavy atom. The summed E-state index contributed by atoms with van der Waals surface area (Å²) >= 11 is 1.51. The third kappa shape index (κ3) is 2.68. The van der Waals surface area contributed by atoms with Gasteiger partial charge in [0, 0.05) is 37.5 Å². The maximum absolute atomic E-state index is 12.6. The molecule has 122 valence electrons. The Bertz CT molecular complexity index is 558. The van der Waals surface area contributed by atoms with Crippen molar-refractivity contribution in [2.24, 2.45) is 11.8 Å². The highest BCUT2D eigenvalue weighted by molar-refractivity contribution is 7.13. The Hall–Kier alpha value is -0.980. The maximum atomic E-state index is 12.6. The molecule has 0 radical (unpaired) electrons. The number of amides is 1. The van der Waals surface area contributed by atoms with Gasteiger partial charge in [-0.05, 0) is 13.3 Å². The molecule has 2 fully saturated rings. The van der Waals surface area contributed by atoms with E-state index < -0.39 is 0 Å². The molecule has 6 heteroatoms. The molecule has 1 saturated heterocycles. The number of hydrogen-bond acceptors (Lipinski definition) is 5. The molecule has 0 aromatic carbocycles. The molecule has 2 aliphatic rings. The molecule has 2 heterocycles. The first-order chi connectivity index (χ1) is 10.5. The van der Waals surface area contributed by atoms with Gasteiger partial charge in [0.05, 0.1) is 23.4 Å². The highest BCUT2D eigenvalue weighted by atomic mass is 32.1. The second-order valence-electron chi connectivity index (χ2n) is 6.53. The van der Waals surface area contributed by atoms with Crippen molar-refractivity contribution in [3.63, 3.8) is 0 Å². The van der Waals surface area contributed by atoms with Gasteiger partial charge in [0.15, 0.2) is 0 Å². The van der Waals surface area contributed by atoms with Crippen LogP contribution in [0.25, 0.3) is 0 Å². The van der Waals surface area contributed by atoms with E-state index in [0.717, 1.165) is 28.6 Å². The Morgan fingerprint density at radius 3 is 2.95 bits per heavy atom. The van der Waals surface area contributed by atoms with Gasteiger partial charge in [-0.2, -0.15) is 0 Å². The molecule has 1 saturated carbocycles. The van der Waals surface area contributed by atoms with Gasteiger partial charge in [0.25, 0.3) is 5.91 Å². The van der Waals surface area contributed by atoms with E-state index in [2.05, 4.69) is 24.1 Å². The third-order valence-electron chi connectivity index (χ3n) is 4.70. The summed E-state index contributed by atoms with van der Waals surface area (Å²) in [5.41, 5.74) is 0.827. The molecular weight excluding hydrogens is 300 g/mol. The number of fused-ring (bicyclic) bond motifs is 1. The first kappa shape index (κ1) is 15.9. The topological polar surface area (TPSA) is 60.5 Å². The minimum absolute atomic E-state index is 0.00152. The van der Waals surface area contributed by atoms with Crippen LogP contribution in [0, 0.1) is 18.8 Å². The van der Waals surface area contributed by atoms with Gasteiger partial charge >= 0.3 is 0 Å². The van der Waals surface area contributed by atoms with Crippen LogP contribution in [0.1, 0.15) is 46.6 Å². The molecule has 4 atom stereocenters. The fourth-order valence-electron chi connectivity index (χ4n) is 3.53. The fraction of sp³-hybridized carbons (Fsp3) is 0.750. The number of aromatic nitrogens is 1. The number of methoxy groups -OCH3 is 1. The Balaban J connectivity index is 1.71. The van der Waals surface area contributed by atoms with Gasteiger partial charge < -0.3 is 14.8 Å². The number of nitrogens with zero attached hydrogens (tertiary/aromatic N) is 1. The van der Waals surface area contributed by atoms with E-state index in [1.54, 1.807) is 7.11 Å². The number of aryl methyl sites for hydroxylation is 1. The van der Waals surface area contributed by atoms with Crippen LogP contribution in [0.15, 0.2) is 0 Å². The van der Waals surface area contributed by atoms with Gasteiger partial charge in [-0.1, -0.05) is 13.8 Å². The molecule has 1 amide bonds. The van der Waals surface area contributed by atoms with Crippen molar-refractivity contribution in [1.29, 1.82) is 0 Å². The minimum atomic E-state index is -0.00152. The highest BCUT2D eigenvalue weighted by Gasteiger charge is 2.54. The van der Waals surface area contributed by atoms with Crippen LogP contribution in [0.3, 0.4) is 0 Å². The summed E-state index contributed by atoms with van der Waals surface area (Å²) in [6.45, 7) is 7.53. The zero-order valence-corrected chi connectivity index (χ0v) is 14.4. The summed E-state index contributed by atoms with van der Waals surface area (Å²) in [5, 5.41) is 4.22. The van der Waals surface area contributed by atoms with Gasteiger partial charge in [-0.3, -0.25) is 4.79 Å². The lowest BCUT2D eigenvalue weighted by Crippen LogP contribution is -2.62. The van der Waals surface area contributed by atoms with Crippen LogP contribution in [0.2, 0.25) is 0 Å². The van der Waals surface area contributed by atoms with Crippen molar-refractivity contribution in [2.45, 2.75) is 45.3 Å². The lowest BCUT2D eigenvalue weighted by atomic mass is 9.67. The predicted molar refractivity (Wildman–Crippen MR) is 85.4 cm³/mol. The van der Waals surface area contributed by atoms with Crippen LogP contribution >= 0.6 is 11.3 Å². The Kier molecular flexibility index (Phi) is 4.52. The molecule has 0 bridgehead atoms. The average molecular weight is 324 g/mol. The quantitative estimate of drug-likeness (QED) is 0.903. The summed E-state index contributed by atoms with van der Waals surface area (Å²) in [5.74, 6) is 1.04. The van der Waals surface area contributed by atoms with Crippen LogP contribution in [0.4, 0.5) is 0 Å². The number of rotatable bonds is 5. The average Bonchev–Trinajstić information content (AvgIpc) is 3.06. The Morgan fingerprint density at radius 1 is 1.55 bits per heavy atom. The van der Waals surface area contributed by atoms with Gasteiger partial charge in [0.2, 0.25) is 0 Å². The molecule has 0 spiro atoms. The molecule has 5 nitrogen and oxygen atoms in total. The van der Waals surface area contributed by atoms with E-state index in [4.69, 9.17) is 9.47 Å². The number of ether oxygens (including phenoxy) is 2. The van der Waals surface area contributed by atoms with Crippen LogP contribution in [-0.2, 0) is 9.47 Å². The van der Waals surface area contributed by atoms with E-state index in [1.807, 2.05) is 6.92 Å². The summed E-state index contributed by atoms with van der Waals surface area (Å²) in [6, 6.07) is 0.156. The van der Waals surface area contributed by atoms with Crippen molar-refractivity contribution < 1.29 is 14.3 Å². The Labute approximate surface area is 135 Å². The van der Waals surface area contributed by atoms with Crippen molar-refractivity contribution in [2.75, 3.05) is 20.3 Å². The van der Waals surface area contributed by atoms with E-state index in [1.165, 1.54) is 11.3 Å². The van der Waals surface area contributed by atoms with Crippen LogP contribution < -0.4 is 5.32 Å². The van der Waals surface area contributed by atoms with E-state index in [0.29, 0.717) is 18.4 Å². The monoisotopic (exact) mass is 324 g/mol. The summed E-state index contributed by atoms with van der Waals surface area (Å²) in [4.78, 5) is 17.9. The van der Waals surface area contributed by atoms with Crippen molar-refractivity contribution >= 4 is 17.2 Å². The SMILES string of the molecule is COC[C@@H]1[C@H](NC(=O)c2sc(C(C)C)nc2C)[C@H]2CCO[C@H]21. The lowest BCUT2D eigenvalue weighted by molar-refractivity contribution is -0.0809. The minimum Gasteiger partial charge on any atom is -0.384 e. The first-order valence-electron chi connectivity index (χ1n) is 7.91. The highest BCUT2D eigenvalue weighted by Crippen LogP contribution is 2.44. The smallest absolute Gasteiger partial charge is 0.263 e.